The molecule has 110 valence electrons. The normalized spacial score (nSPS) is 10.4. The Bertz CT molecular complexity index is 643. The second-order valence-electron chi connectivity index (χ2n) is 4.65. The van der Waals surface area contributed by atoms with Gasteiger partial charge in [-0.2, -0.15) is 0 Å². The van der Waals surface area contributed by atoms with Crippen LogP contribution in [0.4, 0.5) is 15.8 Å². The minimum absolute atomic E-state index is 0.154. The van der Waals surface area contributed by atoms with Crippen molar-refractivity contribution in [2.45, 2.75) is 13.3 Å². The van der Waals surface area contributed by atoms with Gasteiger partial charge in [0.1, 0.15) is 5.82 Å². The molecule has 1 amide bonds. The average Bonchev–Trinajstić information content (AvgIpc) is 2.48. The molecule has 21 heavy (non-hydrogen) atoms. The molecule has 0 saturated carbocycles. The van der Waals surface area contributed by atoms with Gasteiger partial charge in [-0.25, -0.2) is 4.39 Å². The standard InChI is InChI=1S/C16H16ClFN2O/c1-2-10-20(12-8-6-11(19)7-9-12)16(21)13-4-3-5-14(18)15(13)17/h3-9H,2,10,19H2,1H3. The molecule has 0 fully saturated rings. The fourth-order valence-corrected chi connectivity index (χ4v) is 2.25. The Balaban J connectivity index is 2.40. The van der Waals surface area contributed by atoms with Crippen LogP contribution in [-0.2, 0) is 0 Å². The maximum Gasteiger partial charge on any atom is 0.259 e. The number of nitrogens with zero attached hydrogens (tertiary/aromatic N) is 1. The van der Waals surface area contributed by atoms with Crippen LogP contribution in [0, 0.1) is 5.82 Å². The zero-order chi connectivity index (χ0) is 15.4. The summed E-state index contributed by atoms with van der Waals surface area (Å²) in [5.41, 5.74) is 7.13. The molecule has 3 nitrogen and oxygen atoms in total. The molecule has 2 aromatic rings. The molecule has 0 aliphatic heterocycles. The smallest absolute Gasteiger partial charge is 0.259 e. The van der Waals surface area contributed by atoms with E-state index < -0.39 is 5.82 Å². The summed E-state index contributed by atoms with van der Waals surface area (Å²) >= 11 is 5.90. The van der Waals surface area contributed by atoms with Crippen LogP contribution in [0.5, 0.6) is 0 Å². The van der Waals surface area contributed by atoms with Crippen molar-refractivity contribution in [3.63, 3.8) is 0 Å². The lowest BCUT2D eigenvalue weighted by atomic mass is 10.1. The van der Waals surface area contributed by atoms with E-state index in [2.05, 4.69) is 0 Å². The van der Waals surface area contributed by atoms with Gasteiger partial charge in [0.05, 0.1) is 10.6 Å². The summed E-state index contributed by atoms with van der Waals surface area (Å²) in [6, 6.07) is 11.2. The highest BCUT2D eigenvalue weighted by atomic mass is 35.5. The maximum absolute atomic E-state index is 13.5. The number of nitrogens with two attached hydrogens (primary N) is 1. The van der Waals surface area contributed by atoms with E-state index in [0.717, 1.165) is 6.42 Å². The van der Waals surface area contributed by atoms with Crippen molar-refractivity contribution in [1.82, 2.24) is 0 Å². The van der Waals surface area contributed by atoms with Crippen LogP contribution in [0.3, 0.4) is 0 Å². The summed E-state index contributed by atoms with van der Waals surface area (Å²) in [6.45, 7) is 2.47. The SMILES string of the molecule is CCCN(C(=O)c1cccc(F)c1Cl)c1ccc(N)cc1. The number of benzene rings is 2. The number of amides is 1. The van der Waals surface area contributed by atoms with Crippen LogP contribution in [0.15, 0.2) is 42.5 Å². The van der Waals surface area contributed by atoms with Crippen molar-refractivity contribution in [2.75, 3.05) is 17.2 Å². The Morgan fingerprint density at radius 2 is 1.90 bits per heavy atom. The predicted octanol–water partition coefficient (Wildman–Crippen LogP) is 4.12. The van der Waals surface area contributed by atoms with Gasteiger partial charge in [-0.15, -0.1) is 0 Å². The van der Waals surface area contributed by atoms with E-state index in [-0.39, 0.29) is 16.5 Å². The van der Waals surface area contributed by atoms with Crippen LogP contribution in [0.2, 0.25) is 5.02 Å². The van der Waals surface area contributed by atoms with E-state index >= 15 is 0 Å². The molecule has 0 spiro atoms. The fourth-order valence-electron chi connectivity index (χ4n) is 2.04. The highest BCUT2D eigenvalue weighted by Gasteiger charge is 2.20. The van der Waals surface area contributed by atoms with Crippen LogP contribution >= 0.6 is 11.6 Å². The maximum atomic E-state index is 13.5. The number of nitrogen functional groups attached to an aromatic ring is 1. The largest absolute Gasteiger partial charge is 0.399 e. The van der Waals surface area contributed by atoms with Crippen LogP contribution in [-0.4, -0.2) is 12.5 Å². The third-order valence-corrected chi connectivity index (χ3v) is 3.46. The minimum Gasteiger partial charge on any atom is -0.399 e. The van der Waals surface area contributed by atoms with Crippen molar-refractivity contribution in [3.8, 4) is 0 Å². The van der Waals surface area contributed by atoms with Gasteiger partial charge in [0.2, 0.25) is 0 Å². The topological polar surface area (TPSA) is 46.3 Å². The van der Waals surface area contributed by atoms with Gasteiger partial charge < -0.3 is 10.6 Å². The van der Waals surface area contributed by atoms with E-state index in [0.29, 0.717) is 17.9 Å². The van der Waals surface area contributed by atoms with Crippen molar-refractivity contribution < 1.29 is 9.18 Å². The number of anilines is 2. The number of halogens is 2. The zero-order valence-electron chi connectivity index (χ0n) is 11.6. The van der Waals surface area contributed by atoms with Crippen molar-refractivity contribution in [2.24, 2.45) is 0 Å². The molecule has 0 aliphatic rings. The van der Waals surface area contributed by atoms with Gasteiger partial charge >= 0.3 is 0 Å². The van der Waals surface area contributed by atoms with Crippen molar-refractivity contribution in [1.29, 1.82) is 0 Å². The van der Waals surface area contributed by atoms with Crippen molar-refractivity contribution >= 4 is 28.9 Å². The first-order chi connectivity index (χ1) is 10.0. The second kappa shape index (κ2) is 6.59. The van der Waals surface area contributed by atoms with Crippen LogP contribution < -0.4 is 10.6 Å². The molecule has 2 aromatic carbocycles. The summed E-state index contributed by atoms with van der Waals surface area (Å²) in [5.74, 6) is -0.928. The average molecular weight is 307 g/mol. The quantitative estimate of drug-likeness (QED) is 0.864. The van der Waals surface area contributed by atoms with Crippen molar-refractivity contribution in [3.05, 3.63) is 58.9 Å². The van der Waals surface area contributed by atoms with E-state index in [1.54, 1.807) is 29.2 Å². The summed E-state index contributed by atoms with van der Waals surface area (Å²) in [5, 5.41) is -0.154. The Labute approximate surface area is 128 Å². The molecule has 0 unspecified atom stereocenters. The molecule has 0 saturated heterocycles. The third-order valence-electron chi connectivity index (χ3n) is 3.08. The summed E-state index contributed by atoms with van der Waals surface area (Å²) in [7, 11) is 0. The molecule has 0 heterocycles. The lowest BCUT2D eigenvalue weighted by Crippen LogP contribution is -2.32. The first-order valence-corrected chi connectivity index (χ1v) is 7.03. The Morgan fingerprint density at radius 1 is 1.24 bits per heavy atom. The van der Waals surface area contributed by atoms with Crippen LogP contribution in [0.1, 0.15) is 23.7 Å². The molecule has 0 aliphatic carbocycles. The Hall–Kier alpha value is -2.07. The van der Waals surface area contributed by atoms with E-state index in [9.17, 15) is 9.18 Å². The molecule has 0 atom stereocenters. The monoisotopic (exact) mass is 306 g/mol. The molecule has 2 rings (SSSR count). The summed E-state index contributed by atoms with van der Waals surface area (Å²) < 4.78 is 13.5. The fraction of sp³-hybridized carbons (Fsp3) is 0.188. The molecular weight excluding hydrogens is 291 g/mol. The van der Waals surface area contributed by atoms with Gasteiger partial charge in [0.15, 0.2) is 0 Å². The number of rotatable bonds is 4. The third kappa shape index (κ3) is 3.34. The summed E-state index contributed by atoms with van der Waals surface area (Å²) in [6.07, 6.45) is 0.767. The van der Waals surface area contributed by atoms with Crippen LogP contribution in [0.25, 0.3) is 0 Å². The molecule has 5 heteroatoms. The lowest BCUT2D eigenvalue weighted by molar-refractivity contribution is 0.0986. The van der Waals surface area contributed by atoms with E-state index in [1.165, 1.54) is 18.2 Å². The Morgan fingerprint density at radius 3 is 2.52 bits per heavy atom. The molecule has 0 aromatic heterocycles. The molecule has 2 N–H and O–H groups in total. The van der Waals surface area contributed by atoms with E-state index in [4.69, 9.17) is 17.3 Å². The van der Waals surface area contributed by atoms with Gasteiger partial charge in [-0.05, 0) is 42.8 Å². The van der Waals surface area contributed by atoms with Gasteiger partial charge in [0, 0.05) is 17.9 Å². The molecular formula is C16H16ClFN2O. The highest BCUT2D eigenvalue weighted by molar-refractivity contribution is 6.34. The molecule has 0 bridgehead atoms. The highest BCUT2D eigenvalue weighted by Crippen LogP contribution is 2.25. The summed E-state index contributed by atoms with van der Waals surface area (Å²) in [4.78, 5) is 14.2. The number of carbonyl (C=O) groups is 1. The number of hydrogen-bond acceptors (Lipinski definition) is 2. The van der Waals surface area contributed by atoms with E-state index in [1.807, 2.05) is 6.92 Å². The zero-order valence-corrected chi connectivity index (χ0v) is 12.4. The minimum atomic E-state index is -0.601. The first-order valence-electron chi connectivity index (χ1n) is 6.66. The van der Waals surface area contributed by atoms with Gasteiger partial charge in [0.25, 0.3) is 5.91 Å². The molecule has 0 radical (unpaired) electrons. The Kier molecular flexibility index (Phi) is 4.81. The predicted molar refractivity (Wildman–Crippen MR) is 84.2 cm³/mol. The second-order valence-corrected chi connectivity index (χ2v) is 5.03. The van der Waals surface area contributed by atoms with Gasteiger partial charge in [-0.1, -0.05) is 24.6 Å². The van der Waals surface area contributed by atoms with Gasteiger partial charge in [-0.3, -0.25) is 4.79 Å². The first kappa shape index (κ1) is 15.3. The number of carbonyl (C=O) groups excluding carboxylic acids is 1. The number of hydrogen-bond donors (Lipinski definition) is 1. The lowest BCUT2D eigenvalue weighted by Gasteiger charge is -2.23.